The Morgan fingerprint density at radius 3 is 2.84 bits per heavy atom. The van der Waals surface area contributed by atoms with Crippen molar-refractivity contribution >= 4 is 23.3 Å². The van der Waals surface area contributed by atoms with Crippen LogP contribution in [0, 0.1) is 0 Å². The summed E-state index contributed by atoms with van der Waals surface area (Å²) in [4.78, 5) is 19.5. The van der Waals surface area contributed by atoms with Crippen molar-refractivity contribution in [3.8, 4) is 17.0 Å². The van der Waals surface area contributed by atoms with Crippen molar-refractivity contribution in [1.29, 1.82) is 0 Å². The number of aromatic amines is 1. The van der Waals surface area contributed by atoms with Crippen molar-refractivity contribution in [3.05, 3.63) is 65.6 Å². The Hall–Kier alpha value is -3.03. The van der Waals surface area contributed by atoms with Crippen LogP contribution in [0.1, 0.15) is 31.2 Å². The Labute approximate surface area is 192 Å². The fourth-order valence-corrected chi connectivity index (χ4v) is 4.27. The number of urea groups is 1. The number of ether oxygens (including phenoxy) is 1. The van der Waals surface area contributed by atoms with Crippen molar-refractivity contribution in [3.63, 3.8) is 0 Å². The number of halogens is 1. The molecule has 1 saturated carbocycles. The van der Waals surface area contributed by atoms with Gasteiger partial charge in [0, 0.05) is 34.8 Å². The Morgan fingerprint density at radius 2 is 2.06 bits per heavy atom. The van der Waals surface area contributed by atoms with E-state index in [2.05, 4.69) is 20.6 Å². The van der Waals surface area contributed by atoms with Crippen molar-refractivity contribution in [2.75, 3.05) is 11.9 Å². The van der Waals surface area contributed by atoms with Gasteiger partial charge < -0.3 is 26.1 Å². The number of rotatable bonds is 7. The summed E-state index contributed by atoms with van der Waals surface area (Å²) >= 11 is 6.46. The molecule has 0 saturated heterocycles. The average molecular weight is 454 g/mol. The van der Waals surface area contributed by atoms with Crippen LogP contribution in [0.25, 0.3) is 11.3 Å². The molecule has 2 aromatic carbocycles. The number of hydrogen-bond acceptors (Lipinski definition) is 4. The molecular weight excluding hydrogens is 426 g/mol. The molecule has 1 heterocycles. The maximum absolute atomic E-state index is 12.3. The Kier molecular flexibility index (Phi) is 7.29. The van der Waals surface area contributed by atoms with E-state index in [0.29, 0.717) is 23.7 Å². The smallest absolute Gasteiger partial charge is 0.319 e. The molecule has 0 bridgehead atoms. The molecule has 0 aliphatic heterocycles. The first-order chi connectivity index (χ1) is 15.6. The minimum absolute atomic E-state index is 0.0128. The predicted molar refractivity (Wildman–Crippen MR) is 127 cm³/mol. The third kappa shape index (κ3) is 5.60. The molecule has 0 unspecified atom stereocenters. The summed E-state index contributed by atoms with van der Waals surface area (Å²) in [5, 5.41) is 6.41. The lowest BCUT2D eigenvalue weighted by Gasteiger charge is -2.29. The molecular formula is C24H28ClN5O2. The highest BCUT2D eigenvalue weighted by Crippen LogP contribution is 2.28. The van der Waals surface area contributed by atoms with E-state index in [-0.39, 0.29) is 18.1 Å². The van der Waals surface area contributed by atoms with Crippen LogP contribution in [-0.2, 0) is 6.42 Å². The van der Waals surface area contributed by atoms with Gasteiger partial charge in [-0.3, -0.25) is 0 Å². The highest BCUT2D eigenvalue weighted by atomic mass is 35.5. The average Bonchev–Trinajstić information content (AvgIpc) is 3.32. The van der Waals surface area contributed by atoms with Gasteiger partial charge >= 0.3 is 6.03 Å². The van der Waals surface area contributed by atoms with E-state index in [0.717, 1.165) is 48.3 Å². The maximum Gasteiger partial charge on any atom is 0.319 e. The summed E-state index contributed by atoms with van der Waals surface area (Å²) in [6, 6.07) is 13.1. The van der Waals surface area contributed by atoms with Crippen LogP contribution < -0.4 is 21.1 Å². The molecule has 8 heteroatoms. The standard InChI is InChI=1S/C24H28ClN5O2/c25-19-13-17(29-24(31)30-21-7-3-2-6-20(21)26)10-9-16(19)11-12-32-23-8-4-1-5-18(23)22-14-27-15-28-22/h1,4-5,8-10,13-15,20-21H,2-3,6-7,11-12,26H2,(H,27,28)(H2,29,30,31)/t20-,21+/m1/s1. The largest absolute Gasteiger partial charge is 0.493 e. The number of nitrogens with one attached hydrogen (secondary N) is 3. The Morgan fingerprint density at radius 1 is 1.22 bits per heavy atom. The lowest BCUT2D eigenvalue weighted by atomic mass is 9.91. The van der Waals surface area contributed by atoms with Gasteiger partial charge in [0.05, 0.1) is 24.8 Å². The summed E-state index contributed by atoms with van der Waals surface area (Å²) < 4.78 is 6.01. The second-order valence-corrected chi connectivity index (χ2v) is 8.43. The zero-order valence-corrected chi connectivity index (χ0v) is 18.6. The van der Waals surface area contributed by atoms with Crippen LogP contribution in [-0.4, -0.2) is 34.7 Å². The van der Waals surface area contributed by atoms with Gasteiger partial charge in [-0.25, -0.2) is 9.78 Å². The molecule has 32 heavy (non-hydrogen) atoms. The summed E-state index contributed by atoms with van der Waals surface area (Å²) in [6.45, 7) is 0.470. The van der Waals surface area contributed by atoms with Crippen LogP contribution in [0.4, 0.5) is 10.5 Å². The highest BCUT2D eigenvalue weighted by Gasteiger charge is 2.23. The SMILES string of the molecule is N[C@@H]1CCCC[C@@H]1NC(=O)Nc1ccc(CCOc2ccccc2-c2cnc[nH]2)c(Cl)c1. The highest BCUT2D eigenvalue weighted by molar-refractivity contribution is 6.31. The topological polar surface area (TPSA) is 105 Å². The van der Waals surface area contributed by atoms with E-state index in [4.69, 9.17) is 22.1 Å². The molecule has 0 spiro atoms. The minimum atomic E-state index is -0.255. The third-order valence-corrected chi connectivity index (χ3v) is 6.10. The van der Waals surface area contributed by atoms with Crippen molar-refractivity contribution in [2.24, 2.45) is 5.73 Å². The maximum atomic E-state index is 12.3. The number of hydrogen-bond donors (Lipinski definition) is 4. The predicted octanol–water partition coefficient (Wildman–Crippen LogP) is 4.74. The van der Waals surface area contributed by atoms with Crippen LogP contribution in [0.15, 0.2) is 55.0 Å². The first kappa shape index (κ1) is 22.2. The lowest BCUT2D eigenvalue weighted by Crippen LogP contribution is -2.50. The van der Waals surface area contributed by atoms with Gasteiger partial charge in [-0.15, -0.1) is 0 Å². The number of H-pyrrole nitrogens is 1. The van der Waals surface area contributed by atoms with E-state index in [9.17, 15) is 4.79 Å². The number of aromatic nitrogens is 2. The van der Waals surface area contributed by atoms with E-state index in [1.165, 1.54) is 0 Å². The number of nitrogens with zero attached hydrogens (tertiary/aromatic N) is 1. The second-order valence-electron chi connectivity index (χ2n) is 8.02. The molecule has 4 rings (SSSR count). The zero-order valence-electron chi connectivity index (χ0n) is 17.8. The molecule has 1 aliphatic rings. The van der Waals surface area contributed by atoms with Crippen LogP contribution in [0.2, 0.25) is 5.02 Å². The first-order valence-corrected chi connectivity index (χ1v) is 11.3. The molecule has 1 aliphatic carbocycles. The fraction of sp³-hybridized carbons (Fsp3) is 0.333. The monoisotopic (exact) mass is 453 g/mol. The van der Waals surface area contributed by atoms with Gasteiger partial charge in [0.1, 0.15) is 5.75 Å². The second kappa shape index (κ2) is 10.5. The van der Waals surface area contributed by atoms with Gasteiger partial charge in [0.2, 0.25) is 0 Å². The molecule has 0 radical (unpaired) electrons. The van der Waals surface area contributed by atoms with E-state index < -0.39 is 0 Å². The van der Waals surface area contributed by atoms with Gasteiger partial charge in [-0.1, -0.05) is 42.6 Å². The van der Waals surface area contributed by atoms with Crippen LogP contribution in [0.5, 0.6) is 5.75 Å². The molecule has 7 nitrogen and oxygen atoms in total. The Balaban J connectivity index is 1.31. The normalized spacial score (nSPS) is 18.2. The van der Waals surface area contributed by atoms with Crippen molar-refractivity contribution in [1.82, 2.24) is 15.3 Å². The summed E-state index contributed by atoms with van der Waals surface area (Å²) in [5.41, 5.74) is 9.57. The van der Waals surface area contributed by atoms with E-state index >= 15 is 0 Å². The number of imidazole rings is 1. The number of benzene rings is 2. The van der Waals surface area contributed by atoms with Crippen molar-refractivity contribution < 1.29 is 9.53 Å². The zero-order chi connectivity index (χ0) is 22.3. The number of anilines is 1. The number of para-hydroxylation sites is 1. The number of nitrogens with two attached hydrogens (primary N) is 1. The number of carbonyl (C=O) groups is 1. The molecule has 3 aromatic rings. The van der Waals surface area contributed by atoms with Crippen LogP contribution in [0.3, 0.4) is 0 Å². The van der Waals surface area contributed by atoms with Gasteiger partial charge in [-0.2, -0.15) is 0 Å². The molecule has 1 fully saturated rings. The Bertz CT molecular complexity index is 1040. The first-order valence-electron chi connectivity index (χ1n) is 10.9. The fourth-order valence-electron chi connectivity index (χ4n) is 3.99. The summed E-state index contributed by atoms with van der Waals surface area (Å²) in [5.74, 6) is 0.781. The van der Waals surface area contributed by atoms with Gasteiger partial charge in [0.15, 0.2) is 0 Å². The van der Waals surface area contributed by atoms with E-state index in [1.54, 1.807) is 18.6 Å². The minimum Gasteiger partial charge on any atom is -0.493 e. The third-order valence-electron chi connectivity index (χ3n) is 5.75. The molecule has 5 N–H and O–H groups in total. The van der Waals surface area contributed by atoms with Crippen LogP contribution >= 0.6 is 11.6 Å². The van der Waals surface area contributed by atoms with E-state index in [1.807, 2.05) is 36.4 Å². The molecule has 168 valence electrons. The number of carbonyl (C=O) groups excluding carboxylic acids is 1. The number of amides is 2. The van der Waals surface area contributed by atoms with Gasteiger partial charge in [0.25, 0.3) is 0 Å². The molecule has 2 atom stereocenters. The van der Waals surface area contributed by atoms with Crippen molar-refractivity contribution in [2.45, 2.75) is 44.2 Å². The molecule has 1 aromatic heterocycles. The summed E-state index contributed by atoms with van der Waals surface area (Å²) in [6.07, 6.45) is 8.12. The lowest BCUT2D eigenvalue weighted by molar-refractivity contribution is 0.240. The van der Waals surface area contributed by atoms with Gasteiger partial charge in [-0.05, 0) is 42.7 Å². The quantitative estimate of drug-likeness (QED) is 0.414. The molecule has 2 amide bonds. The summed E-state index contributed by atoms with van der Waals surface area (Å²) in [7, 11) is 0.